The molecule has 0 radical (unpaired) electrons. The minimum Gasteiger partial charge on any atom is -0.383 e. The Morgan fingerprint density at radius 1 is 1.33 bits per heavy atom. The summed E-state index contributed by atoms with van der Waals surface area (Å²) in [6.45, 7) is 3.60. The fraction of sp³-hybridized carbons (Fsp3) is 0.778. The molecule has 0 aliphatic rings. The van der Waals surface area contributed by atoms with Crippen LogP contribution in [-0.4, -0.2) is 48.7 Å². The molecule has 0 atom stereocenters. The van der Waals surface area contributed by atoms with Crippen LogP contribution in [0.4, 0.5) is 0 Å². The van der Waals surface area contributed by atoms with Crippen molar-refractivity contribution < 1.29 is 9.47 Å². The summed E-state index contributed by atoms with van der Waals surface area (Å²) in [5.74, 6) is 0.920. The first kappa shape index (κ1) is 12.1. The number of hydrogen-bond donors (Lipinski definition) is 1. The van der Waals surface area contributed by atoms with Crippen molar-refractivity contribution >= 4 is 0 Å². The van der Waals surface area contributed by atoms with Crippen LogP contribution in [0.5, 0.6) is 0 Å². The van der Waals surface area contributed by atoms with Gasteiger partial charge < -0.3 is 14.8 Å². The minimum atomic E-state index is 0.647. The van der Waals surface area contributed by atoms with Gasteiger partial charge >= 0.3 is 0 Å². The van der Waals surface area contributed by atoms with E-state index in [0.29, 0.717) is 19.8 Å². The summed E-state index contributed by atoms with van der Waals surface area (Å²) < 4.78 is 11.8. The van der Waals surface area contributed by atoms with Crippen molar-refractivity contribution in [1.82, 2.24) is 20.1 Å². The van der Waals surface area contributed by atoms with Crippen LogP contribution in [0.25, 0.3) is 0 Å². The van der Waals surface area contributed by atoms with Crippen LogP contribution in [0.2, 0.25) is 0 Å². The number of hydrogen-bond acceptors (Lipinski definition) is 5. The fourth-order valence-electron chi connectivity index (χ4n) is 1.16. The van der Waals surface area contributed by atoms with Gasteiger partial charge in [-0.25, -0.2) is 9.67 Å². The topological polar surface area (TPSA) is 61.2 Å². The molecule has 0 amide bonds. The Morgan fingerprint density at radius 3 is 2.87 bits per heavy atom. The number of aromatic nitrogens is 3. The van der Waals surface area contributed by atoms with E-state index in [-0.39, 0.29) is 0 Å². The van der Waals surface area contributed by atoms with E-state index in [1.54, 1.807) is 20.5 Å². The van der Waals surface area contributed by atoms with Gasteiger partial charge in [0, 0.05) is 20.8 Å². The SMILES string of the molecule is COCCNCc1ncnn1CCOC. The van der Waals surface area contributed by atoms with Crippen molar-refractivity contribution in [2.24, 2.45) is 0 Å². The van der Waals surface area contributed by atoms with Crippen LogP contribution in [-0.2, 0) is 22.6 Å². The van der Waals surface area contributed by atoms with E-state index in [4.69, 9.17) is 9.47 Å². The average Bonchev–Trinajstić information content (AvgIpc) is 2.69. The quantitative estimate of drug-likeness (QED) is 0.600. The molecule has 6 heteroatoms. The molecule has 0 fully saturated rings. The van der Waals surface area contributed by atoms with Gasteiger partial charge in [0.2, 0.25) is 0 Å². The predicted octanol–water partition coefficient (Wildman–Crippen LogP) is -0.339. The first-order valence-electron chi connectivity index (χ1n) is 4.93. The maximum atomic E-state index is 4.98. The van der Waals surface area contributed by atoms with Crippen molar-refractivity contribution in [3.8, 4) is 0 Å². The largest absolute Gasteiger partial charge is 0.383 e. The molecule has 0 bridgehead atoms. The molecule has 0 saturated heterocycles. The summed E-state index contributed by atoms with van der Waals surface area (Å²) in [6, 6.07) is 0. The Morgan fingerprint density at radius 2 is 2.13 bits per heavy atom. The molecule has 0 aliphatic heterocycles. The third kappa shape index (κ3) is 4.37. The van der Waals surface area contributed by atoms with Gasteiger partial charge in [0.15, 0.2) is 0 Å². The van der Waals surface area contributed by atoms with Gasteiger partial charge in [0.05, 0.1) is 26.3 Å². The van der Waals surface area contributed by atoms with Crippen molar-refractivity contribution in [2.75, 3.05) is 34.0 Å². The normalized spacial score (nSPS) is 10.8. The fourth-order valence-corrected chi connectivity index (χ4v) is 1.16. The molecule has 0 spiro atoms. The van der Waals surface area contributed by atoms with Gasteiger partial charge in [-0.3, -0.25) is 0 Å². The Kier molecular flexibility index (Phi) is 5.91. The summed E-state index contributed by atoms with van der Waals surface area (Å²) in [4.78, 5) is 4.16. The summed E-state index contributed by atoms with van der Waals surface area (Å²) >= 11 is 0. The van der Waals surface area contributed by atoms with E-state index in [9.17, 15) is 0 Å². The summed E-state index contributed by atoms with van der Waals surface area (Å²) in [5, 5.41) is 7.32. The number of nitrogens with zero attached hydrogens (tertiary/aromatic N) is 3. The number of rotatable bonds is 8. The van der Waals surface area contributed by atoms with Gasteiger partial charge in [-0.05, 0) is 0 Å². The van der Waals surface area contributed by atoms with Crippen LogP contribution in [0, 0.1) is 0 Å². The van der Waals surface area contributed by atoms with Crippen LogP contribution in [0.1, 0.15) is 5.82 Å². The first-order valence-corrected chi connectivity index (χ1v) is 4.93. The molecule has 1 rings (SSSR count). The van der Waals surface area contributed by atoms with E-state index in [1.165, 1.54) is 0 Å². The molecule has 1 aromatic rings. The summed E-state index contributed by atoms with van der Waals surface area (Å²) in [7, 11) is 3.36. The maximum Gasteiger partial charge on any atom is 0.140 e. The molecular formula is C9H18N4O2. The van der Waals surface area contributed by atoms with Gasteiger partial charge in [-0.15, -0.1) is 0 Å². The molecule has 0 aromatic carbocycles. The van der Waals surface area contributed by atoms with Gasteiger partial charge in [0.1, 0.15) is 12.2 Å². The maximum absolute atomic E-state index is 4.98. The van der Waals surface area contributed by atoms with Gasteiger partial charge in [-0.2, -0.15) is 5.10 Å². The summed E-state index contributed by atoms with van der Waals surface area (Å²) in [5.41, 5.74) is 0. The lowest BCUT2D eigenvalue weighted by Gasteiger charge is -2.06. The lowest BCUT2D eigenvalue weighted by molar-refractivity contribution is 0.181. The van der Waals surface area contributed by atoms with Crippen molar-refractivity contribution in [3.63, 3.8) is 0 Å². The molecule has 86 valence electrons. The molecule has 0 aliphatic carbocycles. The second kappa shape index (κ2) is 7.33. The van der Waals surface area contributed by atoms with Crippen molar-refractivity contribution in [3.05, 3.63) is 12.2 Å². The van der Waals surface area contributed by atoms with E-state index < -0.39 is 0 Å². The molecule has 6 nitrogen and oxygen atoms in total. The van der Waals surface area contributed by atoms with E-state index in [2.05, 4.69) is 15.4 Å². The second-order valence-electron chi connectivity index (χ2n) is 3.06. The molecule has 1 N–H and O–H groups in total. The Labute approximate surface area is 89.6 Å². The van der Waals surface area contributed by atoms with Crippen LogP contribution in [0.3, 0.4) is 0 Å². The highest BCUT2D eigenvalue weighted by Gasteiger charge is 2.02. The molecule has 15 heavy (non-hydrogen) atoms. The van der Waals surface area contributed by atoms with Crippen LogP contribution < -0.4 is 5.32 Å². The van der Waals surface area contributed by atoms with Crippen molar-refractivity contribution in [1.29, 1.82) is 0 Å². The highest BCUT2D eigenvalue weighted by Crippen LogP contribution is 1.93. The predicted molar refractivity (Wildman–Crippen MR) is 55.5 cm³/mol. The zero-order valence-corrected chi connectivity index (χ0v) is 9.27. The lowest BCUT2D eigenvalue weighted by Crippen LogP contribution is -2.22. The summed E-state index contributed by atoms with van der Waals surface area (Å²) in [6.07, 6.45) is 1.56. The van der Waals surface area contributed by atoms with Crippen LogP contribution >= 0.6 is 0 Å². The Balaban J connectivity index is 2.29. The van der Waals surface area contributed by atoms with E-state index in [0.717, 1.165) is 18.9 Å². The highest BCUT2D eigenvalue weighted by atomic mass is 16.5. The van der Waals surface area contributed by atoms with Gasteiger partial charge in [0.25, 0.3) is 0 Å². The highest BCUT2D eigenvalue weighted by molar-refractivity contribution is 4.83. The second-order valence-corrected chi connectivity index (χ2v) is 3.06. The zero-order chi connectivity index (χ0) is 10.9. The molecule has 1 heterocycles. The van der Waals surface area contributed by atoms with E-state index in [1.807, 2.05) is 4.68 Å². The monoisotopic (exact) mass is 214 g/mol. The Bertz CT molecular complexity index is 264. The number of methoxy groups -OCH3 is 2. The number of nitrogens with one attached hydrogen (secondary N) is 1. The van der Waals surface area contributed by atoms with Crippen LogP contribution in [0.15, 0.2) is 6.33 Å². The first-order chi connectivity index (χ1) is 7.38. The smallest absolute Gasteiger partial charge is 0.140 e. The molecule has 0 saturated carbocycles. The zero-order valence-electron chi connectivity index (χ0n) is 9.27. The minimum absolute atomic E-state index is 0.647. The number of ether oxygens (including phenoxy) is 2. The van der Waals surface area contributed by atoms with Gasteiger partial charge in [-0.1, -0.05) is 0 Å². The third-order valence-corrected chi connectivity index (χ3v) is 1.97. The van der Waals surface area contributed by atoms with E-state index >= 15 is 0 Å². The van der Waals surface area contributed by atoms with Crippen molar-refractivity contribution in [2.45, 2.75) is 13.1 Å². The third-order valence-electron chi connectivity index (χ3n) is 1.97. The lowest BCUT2D eigenvalue weighted by atomic mass is 10.5. The molecule has 1 aromatic heterocycles. The Hall–Kier alpha value is -0.980. The average molecular weight is 214 g/mol. The standard InChI is InChI=1S/C9H18N4O2/c1-14-5-3-10-7-9-11-8-12-13(9)4-6-15-2/h8,10H,3-7H2,1-2H3. The molecule has 0 unspecified atom stereocenters. The molecular weight excluding hydrogens is 196 g/mol.